The van der Waals surface area contributed by atoms with Crippen molar-refractivity contribution in [3.8, 4) is 0 Å². The van der Waals surface area contributed by atoms with Gasteiger partial charge >= 0.3 is 11.7 Å². The van der Waals surface area contributed by atoms with Crippen LogP contribution < -0.4 is 16.6 Å². The highest BCUT2D eigenvalue weighted by atomic mass is 16.5. The molecule has 1 aromatic heterocycles. The van der Waals surface area contributed by atoms with Gasteiger partial charge in [-0.1, -0.05) is 12.1 Å². The summed E-state index contributed by atoms with van der Waals surface area (Å²) in [6.45, 7) is 3.17. The minimum Gasteiger partial charge on any atom is -0.452 e. The van der Waals surface area contributed by atoms with Crippen molar-refractivity contribution in [1.29, 1.82) is 0 Å². The fourth-order valence-electron chi connectivity index (χ4n) is 1.83. The summed E-state index contributed by atoms with van der Waals surface area (Å²) in [4.78, 5) is 49.9. The van der Waals surface area contributed by atoms with Crippen molar-refractivity contribution >= 4 is 17.6 Å². The first-order valence-corrected chi connectivity index (χ1v) is 6.73. The van der Waals surface area contributed by atoms with Gasteiger partial charge in [-0.15, -0.1) is 0 Å². The van der Waals surface area contributed by atoms with Crippen LogP contribution in [0.25, 0.3) is 0 Å². The lowest BCUT2D eigenvalue weighted by Crippen LogP contribution is -2.29. The van der Waals surface area contributed by atoms with E-state index >= 15 is 0 Å². The van der Waals surface area contributed by atoms with Crippen LogP contribution >= 0.6 is 0 Å². The lowest BCUT2D eigenvalue weighted by molar-refractivity contribution is -0.119. The number of benzene rings is 1. The zero-order valence-electron chi connectivity index (χ0n) is 12.6. The maximum atomic E-state index is 11.8. The molecule has 2 rings (SSSR count). The average Bonchev–Trinajstić information content (AvgIpc) is 2.48. The van der Waals surface area contributed by atoms with Crippen LogP contribution in [0.4, 0.5) is 5.69 Å². The fourth-order valence-corrected chi connectivity index (χ4v) is 1.83. The van der Waals surface area contributed by atoms with Crippen LogP contribution in [0.5, 0.6) is 0 Å². The molecule has 1 amide bonds. The molecule has 0 radical (unpaired) electrons. The Bertz CT molecular complexity index is 866. The lowest BCUT2D eigenvalue weighted by Gasteiger charge is -2.09. The number of anilines is 1. The highest BCUT2D eigenvalue weighted by Crippen LogP contribution is 2.16. The quantitative estimate of drug-likeness (QED) is 0.708. The molecule has 0 aliphatic rings. The molecule has 120 valence electrons. The predicted octanol–water partition coefficient (Wildman–Crippen LogP) is 0.476. The number of hydrogen-bond donors (Lipinski definition) is 3. The number of carbonyl (C=O) groups excluding carboxylic acids is 2. The van der Waals surface area contributed by atoms with Crippen LogP contribution in [0.2, 0.25) is 0 Å². The summed E-state index contributed by atoms with van der Waals surface area (Å²) in [5, 5.41) is 2.62. The molecule has 0 spiro atoms. The Balaban J connectivity index is 1.99. The van der Waals surface area contributed by atoms with E-state index in [4.69, 9.17) is 4.74 Å². The molecule has 0 saturated heterocycles. The number of hydrogen-bond acceptors (Lipinski definition) is 5. The molecular formula is C15H15N3O5. The van der Waals surface area contributed by atoms with E-state index in [2.05, 4.69) is 10.3 Å². The molecule has 23 heavy (non-hydrogen) atoms. The third kappa shape index (κ3) is 4.16. The van der Waals surface area contributed by atoms with Crippen molar-refractivity contribution in [1.82, 2.24) is 9.97 Å². The number of esters is 1. The average molecular weight is 317 g/mol. The Hall–Kier alpha value is -3.16. The summed E-state index contributed by atoms with van der Waals surface area (Å²) in [7, 11) is 0. The van der Waals surface area contributed by atoms with Gasteiger partial charge in [0, 0.05) is 11.9 Å². The Morgan fingerprint density at radius 1 is 1.22 bits per heavy atom. The number of aromatic amines is 2. The van der Waals surface area contributed by atoms with Gasteiger partial charge in [-0.2, -0.15) is 0 Å². The van der Waals surface area contributed by atoms with E-state index in [1.165, 1.54) is 0 Å². The van der Waals surface area contributed by atoms with Gasteiger partial charge in [0.2, 0.25) is 0 Å². The van der Waals surface area contributed by atoms with Gasteiger partial charge in [0.05, 0.1) is 0 Å². The molecular weight excluding hydrogens is 302 g/mol. The van der Waals surface area contributed by atoms with E-state index in [-0.39, 0.29) is 5.56 Å². The van der Waals surface area contributed by atoms with E-state index in [0.717, 1.165) is 17.3 Å². The van der Waals surface area contributed by atoms with E-state index < -0.39 is 29.7 Å². The number of carbonyl (C=O) groups is 2. The van der Waals surface area contributed by atoms with Crippen molar-refractivity contribution < 1.29 is 14.3 Å². The summed E-state index contributed by atoms with van der Waals surface area (Å²) < 4.78 is 4.76. The molecule has 8 nitrogen and oxygen atoms in total. The minimum absolute atomic E-state index is 0.385. The van der Waals surface area contributed by atoms with Gasteiger partial charge in [-0.3, -0.25) is 14.6 Å². The Morgan fingerprint density at radius 2 is 1.96 bits per heavy atom. The highest BCUT2D eigenvalue weighted by molar-refractivity contribution is 5.95. The second-order valence-electron chi connectivity index (χ2n) is 4.93. The smallest absolute Gasteiger partial charge is 0.345 e. The number of nitrogens with one attached hydrogen (secondary N) is 3. The van der Waals surface area contributed by atoms with Gasteiger partial charge < -0.3 is 15.0 Å². The van der Waals surface area contributed by atoms with E-state index in [0.29, 0.717) is 5.69 Å². The van der Waals surface area contributed by atoms with E-state index in [1.807, 2.05) is 31.0 Å². The topological polar surface area (TPSA) is 121 Å². The summed E-state index contributed by atoms with van der Waals surface area (Å²) >= 11 is 0. The molecule has 0 unspecified atom stereocenters. The molecule has 8 heteroatoms. The fraction of sp³-hybridized carbons (Fsp3) is 0.200. The molecule has 3 N–H and O–H groups in total. The number of ether oxygens (including phenoxy) is 1. The molecule has 0 aliphatic carbocycles. The number of rotatable bonds is 4. The predicted molar refractivity (Wildman–Crippen MR) is 82.5 cm³/mol. The zero-order chi connectivity index (χ0) is 17.0. The Kier molecular flexibility index (Phi) is 4.75. The van der Waals surface area contributed by atoms with Crippen molar-refractivity contribution in [2.75, 3.05) is 11.9 Å². The maximum absolute atomic E-state index is 11.8. The summed E-state index contributed by atoms with van der Waals surface area (Å²) in [5.74, 6) is -1.54. The lowest BCUT2D eigenvalue weighted by atomic mass is 10.1. The van der Waals surface area contributed by atoms with Crippen LogP contribution in [-0.2, 0) is 9.53 Å². The standard InChI is InChI=1S/C15H15N3O5/c1-8-3-4-9(2)11(5-8)17-12(19)7-23-14(21)10-6-16-15(22)18-13(10)20/h3-6H,7H2,1-2H3,(H,17,19)(H2,16,18,20,22). The molecule has 0 saturated carbocycles. The van der Waals surface area contributed by atoms with Crippen molar-refractivity contribution in [2.24, 2.45) is 0 Å². The van der Waals surface area contributed by atoms with Gasteiger partial charge in [0.1, 0.15) is 5.56 Å². The van der Waals surface area contributed by atoms with Crippen LogP contribution in [0.15, 0.2) is 34.0 Å². The SMILES string of the molecule is Cc1ccc(C)c(NC(=O)COC(=O)c2c[nH]c(=O)[nH]c2=O)c1. The molecule has 1 aromatic carbocycles. The molecule has 0 bridgehead atoms. The van der Waals surface area contributed by atoms with Gasteiger partial charge in [0.15, 0.2) is 6.61 Å². The molecule has 0 atom stereocenters. The van der Waals surface area contributed by atoms with Gasteiger partial charge in [-0.25, -0.2) is 9.59 Å². The zero-order valence-corrected chi connectivity index (χ0v) is 12.6. The molecule has 1 heterocycles. The first-order valence-electron chi connectivity index (χ1n) is 6.73. The van der Waals surface area contributed by atoms with Crippen molar-refractivity contribution in [2.45, 2.75) is 13.8 Å². The second kappa shape index (κ2) is 6.73. The van der Waals surface area contributed by atoms with Crippen molar-refractivity contribution in [3.63, 3.8) is 0 Å². The van der Waals surface area contributed by atoms with Crippen LogP contribution in [0, 0.1) is 13.8 Å². The number of aryl methyl sites for hydroxylation is 2. The first kappa shape index (κ1) is 16.2. The second-order valence-corrected chi connectivity index (χ2v) is 4.93. The molecule has 0 aliphatic heterocycles. The molecule has 0 fully saturated rings. The first-order chi connectivity index (χ1) is 10.9. The Labute approximate surface area is 130 Å². The summed E-state index contributed by atoms with van der Waals surface area (Å²) in [6, 6.07) is 5.56. The van der Waals surface area contributed by atoms with Gasteiger partial charge in [0.25, 0.3) is 11.5 Å². The maximum Gasteiger partial charge on any atom is 0.345 e. The highest BCUT2D eigenvalue weighted by Gasteiger charge is 2.14. The summed E-state index contributed by atoms with van der Waals surface area (Å²) in [6.07, 6.45) is 0.937. The van der Waals surface area contributed by atoms with Crippen LogP contribution in [0.3, 0.4) is 0 Å². The number of H-pyrrole nitrogens is 2. The van der Waals surface area contributed by atoms with E-state index in [1.54, 1.807) is 6.07 Å². The number of aromatic nitrogens is 2. The molecule has 2 aromatic rings. The van der Waals surface area contributed by atoms with Crippen molar-refractivity contribution in [3.05, 3.63) is 61.9 Å². The third-order valence-electron chi connectivity index (χ3n) is 3.04. The summed E-state index contributed by atoms with van der Waals surface area (Å²) in [5.41, 5.74) is 0.458. The van der Waals surface area contributed by atoms with Crippen LogP contribution in [-0.4, -0.2) is 28.5 Å². The third-order valence-corrected chi connectivity index (χ3v) is 3.04. The Morgan fingerprint density at radius 3 is 2.65 bits per heavy atom. The monoisotopic (exact) mass is 317 g/mol. The number of amides is 1. The van der Waals surface area contributed by atoms with E-state index in [9.17, 15) is 19.2 Å². The largest absolute Gasteiger partial charge is 0.452 e. The minimum atomic E-state index is -1.00. The van der Waals surface area contributed by atoms with Crippen LogP contribution in [0.1, 0.15) is 21.5 Å². The normalized spacial score (nSPS) is 10.2. The van der Waals surface area contributed by atoms with Gasteiger partial charge in [-0.05, 0) is 31.0 Å².